The van der Waals surface area contributed by atoms with E-state index in [0.717, 1.165) is 16.9 Å². The molecule has 1 aliphatic rings. The number of carbonyl (C=O) groups excluding carboxylic acids is 1. The van der Waals surface area contributed by atoms with Gasteiger partial charge in [0.1, 0.15) is 18.3 Å². The molecule has 0 bridgehead atoms. The number of benzene rings is 2. The summed E-state index contributed by atoms with van der Waals surface area (Å²) in [5.74, 6) is 0.281. The standard InChI is InChI=1S/C26H26N4O4/c1-4-33-16-23(32)21-15-30-25(17(21)2)26(3,18(13-27)14-28-30)29-19-9-11-20(12-10-19)34-24-8-6-5-7-22(24)31/h5-12,14-15,18,29,31H,4,16H2,1-3H3. The topological polar surface area (TPSA) is 109 Å². The predicted molar refractivity (Wildman–Crippen MR) is 129 cm³/mol. The van der Waals surface area contributed by atoms with Gasteiger partial charge in [-0.3, -0.25) is 4.79 Å². The maximum Gasteiger partial charge on any atom is 0.190 e. The molecule has 1 aliphatic heterocycles. The van der Waals surface area contributed by atoms with Crippen molar-refractivity contribution in [3.8, 4) is 23.3 Å². The fourth-order valence-electron chi connectivity index (χ4n) is 4.17. The molecule has 0 aliphatic carbocycles. The van der Waals surface area contributed by atoms with Gasteiger partial charge in [0.05, 0.1) is 17.3 Å². The van der Waals surface area contributed by atoms with E-state index in [2.05, 4.69) is 16.5 Å². The number of para-hydroxylation sites is 2. The van der Waals surface area contributed by atoms with E-state index in [4.69, 9.17) is 9.47 Å². The van der Waals surface area contributed by atoms with Gasteiger partial charge in [-0.1, -0.05) is 12.1 Å². The quantitative estimate of drug-likeness (QED) is 0.468. The molecule has 2 heterocycles. The highest BCUT2D eigenvalue weighted by molar-refractivity contribution is 5.99. The van der Waals surface area contributed by atoms with E-state index in [-0.39, 0.29) is 18.1 Å². The monoisotopic (exact) mass is 458 g/mol. The minimum absolute atomic E-state index is 0.00520. The van der Waals surface area contributed by atoms with E-state index in [1.54, 1.807) is 53.5 Å². The number of rotatable bonds is 8. The summed E-state index contributed by atoms with van der Waals surface area (Å²) >= 11 is 0. The number of phenolic OH excluding ortho intramolecular Hbond substituents is 1. The van der Waals surface area contributed by atoms with Gasteiger partial charge < -0.3 is 19.9 Å². The molecule has 1 aromatic heterocycles. The van der Waals surface area contributed by atoms with Gasteiger partial charge in [0.2, 0.25) is 0 Å². The Balaban J connectivity index is 1.63. The molecule has 2 aromatic carbocycles. The van der Waals surface area contributed by atoms with Gasteiger partial charge >= 0.3 is 0 Å². The van der Waals surface area contributed by atoms with E-state index in [9.17, 15) is 15.2 Å². The third-order valence-corrected chi connectivity index (χ3v) is 5.92. The maximum absolute atomic E-state index is 12.7. The van der Waals surface area contributed by atoms with Gasteiger partial charge in [0.15, 0.2) is 17.3 Å². The first-order chi connectivity index (χ1) is 16.4. The normalized spacial score (nSPS) is 18.7. The molecule has 8 heteroatoms. The molecular weight excluding hydrogens is 432 g/mol. The number of carbonyl (C=O) groups is 1. The van der Waals surface area contributed by atoms with Gasteiger partial charge in [-0.05, 0) is 62.7 Å². The number of anilines is 1. The summed E-state index contributed by atoms with van der Waals surface area (Å²) in [7, 11) is 0. The average molecular weight is 459 g/mol. The predicted octanol–water partition coefficient (Wildman–Crippen LogP) is 4.83. The molecule has 0 spiro atoms. The molecule has 0 saturated heterocycles. The number of ketones is 1. The zero-order chi connectivity index (χ0) is 24.3. The van der Waals surface area contributed by atoms with Crippen molar-refractivity contribution in [3.63, 3.8) is 0 Å². The highest BCUT2D eigenvalue weighted by Gasteiger charge is 2.43. The van der Waals surface area contributed by atoms with Crippen molar-refractivity contribution in [1.29, 1.82) is 5.26 Å². The van der Waals surface area contributed by atoms with Crippen molar-refractivity contribution < 1.29 is 19.4 Å². The fourth-order valence-corrected chi connectivity index (χ4v) is 4.17. The number of nitriles is 1. The van der Waals surface area contributed by atoms with Crippen molar-refractivity contribution in [1.82, 2.24) is 4.68 Å². The second-order valence-corrected chi connectivity index (χ2v) is 8.21. The van der Waals surface area contributed by atoms with Gasteiger partial charge in [-0.15, -0.1) is 0 Å². The van der Waals surface area contributed by atoms with Crippen LogP contribution in [0.2, 0.25) is 0 Å². The number of Topliss-reactive ketones (excluding diaryl/α,β-unsaturated/α-hetero) is 1. The lowest BCUT2D eigenvalue weighted by Crippen LogP contribution is -2.44. The van der Waals surface area contributed by atoms with Gasteiger partial charge in [0.25, 0.3) is 0 Å². The molecule has 2 unspecified atom stereocenters. The summed E-state index contributed by atoms with van der Waals surface area (Å²) < 4.78 is 12.7. The maximum atomic E-state index is 12.7. The average Bonchev–Trinajstić information content (AvgIpc) is 3.18. The third kappa shape index (κ3) is 4.26. The Kier molecular flexibility index (Phi) is 6.39. The van der Waals surface area contributed by atoms with Crippen LogP contribution in [0.5, 0.6) is 17.2 Å². The summed E-state index contributed by atoms with van der Waals surface area (Å²) in [5.41, 5.74) is 1.95. The molecule has 0 fully saturated rings. The summed E-state index contributed by atoms with van der Waals surface area (Å²) in [5, 5.41) is 27.7. The summed E-state index contributed by atoms with van der Waals surface area (Å²) in [4.78, 5) is 12.7. The summed E-state index contributed by atoms with van der Waals surface area (Å²) in [6.45, 7) is 6.08. The number of aromatic nitrogens is 1. The molecule has 8 nitrogen and oxygen atoms in total. The Bertz CT molecular complexity index is 1270. The number of hydrogen-bond donors (Lipinski definition) is 2. The van der Waals surface area contributed by atoms with E-state index in [0.29, 0.717) is 23.7 Å². The lowest BCUT2D eigenvalue weighted by atomic mass is 9.81. The number of phenols is 1. The molecule has 2 N–H and O–H groups in total. The number of ether oxygens (including phenoxy) is 2. The van der Waals surface area contributed by atoms with Crippen LogP contribution in [0.3, 0.4) is 0 Å². The van der Waals surface area contributed by atoms with Crippen LogP contribution in [0.25, 0.3) is 0 Å². The van der Waals surface area contributed by atoms with Crippen molar-refractivity contribution >= 4 is 17.7 Å². The Morgan fingerprint density at radius 3 is 2.68 bits per heavy atom. The van der Waals surface area contributed by atoms with Gasteiger partial charge in [0, 0.05) is 30.3 Å². The number of nitrogens with one attached hydrogen (secondary N) is 1. The zero-order valence-corrected chi connectivity index (χ0v) is 19.3. The molecule has 0 amide bonds. The largest absolute Gasteiger partial charge is 0.504 e. The molecule has 0 saturated carbocycles. The molecular formula is C26H26N4O4. The number of aromatic hydroxyl groups is 1. The van der Waals surface area contributed by atoms with Crippen LogP contribution in [0.4, 0.5) is 5.69 Å². The molecule has 3 aromatic rings. The van der Waals surface area contributed by atoms with Crippen LogP contribution in [0.1, 0.15) is 35.5 Å². The number of hydrogen-bond acceptors (Lipinski definition) is 7. The lowest BCUT2D eigenvalue weighted by Gasteiger charge is -2.37. The highest BCUT2D eigenvalue weighted by Crippen LogP contribution is 2.39. The first kappa shape index (κ1) is 23.1. The molecule has 34 heavy (non-hydrogen) atoms. The lowest BCUT2D eigenvalue weighted by molar-refractivity contribution is 0.0782. The van der Waals surface area contributed by atoms with Gasteiger partial charge in [-0.25, -0.2) is 4.68 Å². The Morgan fingerprint density at radius 2 is 2.00 bits per heavy atom. The number of nitrogens with zero attached hydrogens (tertiary/aromatic N) is 3. The second-order valence-electron chi connectivity index (χ2n) is 8.21. The third-order valence-electron chi connectivity index (χ3n) is 5.92. The zero-order valence-electron chi connectivity index (χ0n) is 19.3. The van der Waals surface area contributed by atoms with Crippen LogP contribution in [-0.4, -0.2) is 35.0 Å². The highest BCUT2D eigenvalue weighted by atomic mass is 16.5. The SMILES string of the molecule is CCOCC(=O)c1cn2c(c1C)C(C)(Nc1ccc(Oc3ccccc3O)cc1)C(C#N)C=N2. The van der Waals surface area contributed by atoms with Crippen LogP contribution in [0, 0.1) is 24.2 Å². The number of fused-ring (bicyclic) bond motifs is 1. The van der Waals surface area contributed by atoms with E-state index < -0.39 is 11.5 Å². The van der Waals surface area contributed by atoms with Crippen LogP contribution in [-0.2, 0) is 10.3 Å². The van der Waals surface area contributed by atoms with E-state index in [1.165, 1.54) is 0 Å². The minimum atomic E-state index is -0.842. The van der Waals surface area contributed by atoms with Crippen molar-refractivity contribution in [2.24, 2.45) is 11.0 Å². The van der Waals surface area contributed by atoms with Crippen LogP contribution >= 0.6 is 0 Å². The Hall–Kier alpha value is -4.09. The van der Waals surface area contributed by atoms with Crippen molar-refractivity contribution in [2.45, 2.75) is 26.3 Å². The van der Waals surface area contributed by atoms with Crippen molar-refractivity contribution in [2.75, 3.05) is 18.5 Å². The van der Waals surface area contributed by atoms with E-state index >= 15 is 0 Å². The first-order valence-electron chi connectivity index (χ1n) is 11.0. The van der Waals surface area contributed by atoms with Crippen molar-refractivity contribution in [3.05, 3.63) is 71.5 Å². The van der Waals surface area contributed by atoms with E-state index in [1.807, 2.05) is 32.9 Å². The smallest absolute Gasteiger partial charge is 0.190 e. The van der Waals surface area contributed by atoms with Crippen LogP contribution < -0.4 is 10.1 Å². The first-order valence-corrected chi connectivity index (χ1v) is 11.0. The fraction of sp³-hybridized carbons (Fsp3) is 0.269. The summed E-state index contributed by atoms with van der Waals surface area (Å²) in [6, 6.07) is 16.3. The van der Waals surface area contributed by atoms with Gasteiger partial charge in [-0.2, -0.15) is 10.4 Å². The molecule has 2 atom stereocenters. The van der Waals surface area contributed by atoms with Crippen LogP contribution in [0.15, 0.2) is 59.8 Å². The Morgan fingerprint density at radius 1 is 1.26 bits per heavy atom. The minimum Gasteiger partial charge on any atom is -0.504 e. The molecule has 0 radical (unpaired) electrons. The Labute approximate surface area is 198 Å². The second kappa shape index (κ2) is 9.41. The molecule has 4 rings (SSSR count). The molecule has 174 valence electrons. The summed E-state index contributed by atoms with van der Waals surface area (Å²) in [6.07, 6.45) is 3.28.